The predicted octanol–water partition coefficient (Wildman–Crippen LogP) is -1.09. The first kappa shape index (κ1) is 23.5. The molecule has 4 atom stereocenters. The molecular weight excluding hydrogens is 457 g/mol. The highest BCUT2D eigenvalue weighted by atomic mass is 31.2. The zero-order valence-electron chi connectivity index (χ0n) is 17.8. The summed E-state index contributed by atoms with van der Waals surface area (Å²) in [6.07, 6.45) is -3.83. The van der Waals surface area contributed by atoms with Gasteiger partial charge in [-0.05, 0) is 5.56 Å². The van der Waals surface area contributed by atoms with E-state index in [2.05, 4.69) is 14.5 Å². The van der Waals surface area contributed by atoms with Crippen LogP contribution >= 0.6 is 7.82 Å². The van der Waals surface area contributed by atoms with Crippen LogP contribution < -0.4 is 15.0 Å². The lowest BCUT2D eigenvalue weighted by Gasteiger charge is -2.16. The normalized spacial score (nSPS) is 23.3. The van der Waals surface area contributed by atoms with E-state index in [1.54, 1.807) is 19.0 Å². The first-order chi connectivity index (χ1) is 15.5. The first-order valence-corrected chi connectivity index (χ1v) is 11.6. The highest BCUT2D eigenvalue weighted by molar-refractivity contribution is 7.46. The number of anilines is 1. The van der Waals surface area contributed by atoms with E-state index in [1.807, 2.05) is 30.3 Å². The van der Waals surface area contributed by atoms with Gasteiger partial charge < -0.3 is 29.6 Å². The molecule has 1 saturated heterocycles. The number of nitrogens with zero attached hydrogens (tertiary/aromatic N) is 4. The third-order valence-corrected chi connectivity index (χ3v) is 5.89. The molecule has 4 rings (SSSR count). The van der Waals surface area contributed by atoms with E-state index in [1.165, 1.54) is 15.5 Å². The zero-order valence-corrected chi connectivity index (χ0v) is 18.7. The molecular formula is C19H25N5O8P+. The highest BCUT2D eigenvalue weighted by Crippen LogP contribution is 2.37. The number of aromatic nitrogens is 4. The van der Waals surface area contributed by atoms with Crippen molar-refractivity contribution >= 4 is 24.9 Å². The fraction of sp³-hybridized carbons (Fsp3) is 0.421. The minimum Gasteiger partial charge on any atom is -0.387 e. The number of fused-ring (bicyclic) bond motifs is 1. The quantitative estimate of drug-likeness (QED) is 0.206. The fourth-order valence-electron chi connectivity index (χ4n) is 3.81. The molecule has 2 aromatic heterocycles. The molecule has 14 heteroatoms. The Labute approximate surface area is 187 Å². The number of rotatable bonds is 7. The molecule has 1 fully saturated rings. The summed E-state index contributed by atoms with van der Waals surface area (Å²) in [5.74, 6) is 0.283. The molecule has 5 N–H and O–H groups in total. The maximum Gasteiger partial charge on any atom is 0.469 e. The van der Waals surface area contributed by atoms with Gasteiger partial charge in [-0.2, -0.15) is 0 Å². The van der Waals surface area contributed by atoms with Crippen molar-refractivity contribution < 1.29 is 38.4 Å². The van der Waals surface area contributed by atoms with Crippen molar-refractivity contribution in [3.8, 4) is 0 Å². The van der Waals surface area contributed by atoms with Crippen molar-refractivity contribution in [2.24, 2.45) is 7.05 Å². The van der Waals surface area contributed by atoms with Crippen LogP contribution in [0.15, 0.2) is 41.5 Å². The van der Waals surface area contributed by atoms with Gasteiger partial charge in [0.2, 0.25) is 11.7 Å². The molecule has 1 aliphatic heterocycles. The minimum atomic E-state index is -4.79. The SMILES string of the molecule is CN(Cc1ccccc1)c1nc2c(c(=O)[nH]1)n(C)c[n+]2[C@@H]1O[C@H](COP(=O)(O)O)[C@@H](O)[C@H]1O. The van der Waals surface area contributed by atoms with E-state index in [0.717, 1.165) is 5.56 Å². The number of aliphatic hydroxyl groups is 2. The van der Waals surface area contributed by atoms with E-state index in [9.17, 15) is 19.6 Å². The number of aliphatic hydroxyl groups excluding tert-OH is 2. The largest absolute Gasteiger partial charge is 0.469 e. The van der Waals surface area contributed by atoms with E-state index in [0.29, 0.717) is 6.54 Å². The van der Waals surface area contributed by atoms with E-state index in [-0.39, 0.29) is 17.1 Å². The van der Waals surface area contributed by atoms with Crippen molar-refractivity contribution in [1.29, 1.82) is 0 Å². The average Bonchev–Trinajstić information content (AvgIpc) is 3.23. The van der Waals surface area contributed by atoms with Crippen molar-refractivity contribution in [1.82, 2.24) is 14.5 Å². The lowest BCUT2D eigenvalue weighted by Crippen LogP contribution is -2.46. The fourth-order valence-corrected chi connectivity index (χ4v) is 4.15. The van der Waals surface area contributed by atoms with Crippen molar-refractivity contribution in [2.75, 3.05) is 18.6 Å². The molecule has 3 heterocycles. The van der Waals surface area contributed by atoms with Gasteiger partial charge in [0.1, 0.15) is 18.3 Å². The Morgan fingerprint density at radius 2 is 1.97 bits per heavy atom. The molecule has 0 aliphatic carbocycles. The number of hydrogen-bond donors (Lipinski definition) is 5. The van der Waals surface area contributed by atoms with Crippen LogP contribution in [0, 0.1) is 0 Å². The van der Waals surface area contributed by atoms with Gasteiger partial charge in [0.15, 0.2) is 6.33 Å². The minimum absolute atomic E-state index is 0.198. The topological polar surface area (TPSA) is 174 Å². The van der Waals surface area contributed by atoms with Crippen LogP contribution in [0.5, 0.6) is 0 Å². The zero-order chi connectivity index (χ0) is 23.9. The Bertz CT molecular complexity index is 1240. The smallest absolute Gasteiger partial charge is 0.387 e. The number of H-pyrrole nitrogens is 1. The molecule has 0 amide bonds. The molecule has 1 aliphatic rings. The number of phosphoric ester groups is 1. The Balaban J connectivity index is 1.67. The molecule has 13 nitrogen and oxygen atoms in total. The number of phosphoric acid groups is 1. The van der Waals surface area contributed by atoms with Crippen LogP contribution in [0.2, 0.25) is 0 Å². The van der Waals surface area contributed by atoms with Crippen LogP contribution in [0.3, 0.4) is 0 Å². The van der Waals surface area contributed by atoms with Gasteiger partial charge in [-0.3, -0.25) is 18.9 Å². The van der Waals surface area contributed by atoms with Crippen LogP contribution in [0.1, 0.15) is 11.8 Å². The maximum absolute atomic E-state index is 12.8. The second-order valence-electron chi connectivity index (χ2n) is 7.87. The summed E-state index contributed by atoms with van der Waals surface area (Å²) in [5, 5.41) is 20.8. The van der Waals surface area contributed by atoms with Crippen LogP contribution in [-0.2, 0) is 27.4 Å². The molecule has 0 bridgehead atoms. The van der Waals surface area contributed by atoms with E-state index < -0.39 is 44.5 Å². The number of nitrogens with one attached hydrogen (secondary N) is 1. The molecule has 33 heavy (non-hydrogen) atoms. The third-order valence-electron chi connectivity index (χ3n) is 5.40. The summed E-state index contributed by atoms with van der Waals surface area (Å²) in [5.41, 5.74) is 1.01. The summed E-state index contributed by atoms with van der Waals surface area (Å²) in [6, 6.07) is 9.61. The molecule has 0 unspecified atom stereocenters. The summed E-state index contributed by atoms with van der Waals surface area (Å²) < 4.78 is 23.9. The van der Waals surface area contributed by atoms with E-state index in [4.69, 9.17) is 14.5 Å². The number of hydrogen-bond acceptors (Lipinski definition) is 8. The van der Waals surface area contributed by atoms with Gasteiger partial charge in [0, 0.05) is 13.6 Å². The highest BCUT2D eigenvalue weighted by Gasteiger charge is 2.47. The van der Waals surface area contributed by atoms with Gasteiger partial charge in [0.05, 0.1) is 13.7 Å². The molecule has 0 spiro atoms. The van der Waals surface area contributed by atoms with Gasteiger partial charge >= 0.3 is 13.5 Å². The summed E-state index contributed by atoms with van der Waals surface area (Å²) in [6.45, 7) is -0.158. The number of benzene rings is 1. The Morgan fingerprint density at radius 1 is 1.27 bits per heavy atom. The Kier molecular flexibility index (Phi) is 6.38. The molecule has 3 aromatic rings. The third kappa shape index (κ3) is 4.84. The summed E-state index contributed by atoms with van der Waals surface area (Å²) >= 11 is 0. The summed E-state index contributed by atoms with van der Waals surface area (Å²) in [4.78, 5) is 39.7. The van der Waals surface area contributed by atoms with Gasteiger partial charge in [-0.1, -0.05) is 35.3 Å². The number of aromatic amines is 1. The van der Waals surface area contributed by atoms with Crippen molar-refractivity contribution in [2.45, 2.75) is 31.1 Å². The molecule has 0 radical (unpaired) electrons. The van der Waals surface area contributed by atoms with Crippen LogP contribution in [0.4, 0.5) is 5.95 Å². The van der Waals surface area contributed by atoms with Crippen molar-refractivity contribution in [3.05, 3.63) is 52.6 Å². The predicted molar refractivity (Wildman–Crippen MR) is 114 cm³/mol. The second-order valence-corrected chi connectivity index (χ2v) is 9.11. The second kappa shape index (κ2) is 8.95. The number of aryl methyl sites for hydroxylation is 1. The van der Waals surface area contributed by atoms with Gasteiger partial charge in [0.25, 0.3) is 11.5 Å². The Morgan fingerprint density at radius 3 is 2.64 bits per heavy atom. The van der Waals surface area contributed by atoms with Crippen LogP contribution in [0.25, 0.3) is 11.2 Å². The number of imidazole rings is 1. The lowest BCUT2D eigenvalue weighted by atomic mass is 10.1. The maximum atomic E-state index is 12.8. The van der Waals surface area contributed by atoms with Crippen LogP contribution in [-0.4, -0.2) is 66.5 Å². The van der Waals surface area contributed by atoms with Gasteiger partial charge in [-0.25, -0.2) is 9.13 Å². The van der Waals surface area contributed by atoms with E-state index >= 15 is 0 Å². The lowest BCUT2D eigenvalue weighted by molar-refractivity contribution is -0.745. The summed E-state index contributed by atoms with van der Waals surface area (Å²) in [7, 11) is -1.40. The molecule has 0 saturated carbocycles. The first-order valence-electron chi connectivity index (χ1n) is 10.0. The molecule has 1 aromatic carbocycles. The molecule has 178 valence electrons. The standard InChI is InChI=1S/C19H24N5O8P/c1-22(8-11-6-4-3-5-7-11)19-20-16-13(17(27)21-19)23(2)10-24(16)18-15(26)14(25)12(32-18)9-31-33(28,29)30/h3-7,10,12,14-15,18,25-26H,8-9H2,1-2H3,(H2-,20,21,27,28,29,30)/p+1/t12-,14-,15-,18-/m1/s1. The van der Waals surface area contributed by atoms with Gasteiger partial charge in [-0.15, -0.1) is 0 Å². The monoisotopic (exact) mass is 482 g/mol. The Hall–Kier alpha value is -2.64. The average molecular weight is 482 g/mol. The van der Waals surface area contributed by atoms with Crippen molar-refractivity contribution in [3.63, 3.8) is 0 Å². The number of ether oxygens (including phenoxy) is 1.